The van der Waals surface area contributed by atoms with Crippen molar-refractivity contribution < 1.29 is 19.1 Å². The minimum absolute atomic E-state index is 0.855. The molecule has 0 bridgehead atoms. The van der Waals surface area contributed by atoms with Crippen molar-refractivity contribution in [2.24, 2.45) is 0 Å². The summed E-state index contributed by atoms with van der Waals surface area (Å²) in [5, 5.41) is 2.87. The van der Waals surface area contributed by atoms with Crippen molar-refractivity contribution in [2.45, 2.75) is 321 Å². The molecule has 1 aliphatic rings. The molecule has 2 aromatic rings. The van der Waals surface area contributed by atoms with Gasteiger partial charge in [0.05, 0.1) is 0 Å². The molecule has 3 rings (SSSR count). The number of benzene rings is 2. The SMILES string of the molecule is CCCCCCCCCCCCCCCCCC[CH2][Ni][CH2]CCCCCCCCCCCCCCCCCC.CCCCCCc1cccc(C2=CC=C(c3cccc(CCCCCC)c3)[N+]2=[N-])c1. The summed E-state index contributed by atoms with van der Waals surface area (Å²) < 4.78 is 1.35. The molecule has 0 atom stereocenters. The number of unbranched alkanes of at least 4 members (excludes halogenated alkanes) is 38. The third-order valence-corrected chi connectivity index (χ3v) is 16.0. The van der Waals surface area contributed by atoms with E-state index >= 15 is 0 Å². The summed E-state index contributed by atoms with van der Waals surface area (Å²) in [4.78, 5) is 0. The van der Waals surface area contributed by atoms with E-state index in [1.54, 1.807) is 0 Å². The zero-order chi connectivity index (χ0) is 49.3. The van der Waals surface area contributed by atoms with Crippen LogP contribution in [0.1, 0.15) is 320 Å². The molecule has 1 heterocycles. The number of allylic oxidation sites excluding steroid dienone is 2. The summed E-state index contributed by atoms with van der Waals surface area (Å²) in [6, 6.07) is 17.2. The van der Waals surface area contributed by atoms with Gasteiger partial charge in [-0.05, 0) is 61.1 Å². The topological polar surface area (TPSA) is 25.3 Å². The Bertz CT molecular complexity index is 1400. The van der Waals surface area contributed by atoms with Crippen molar-refractivity contribution in [3.05, 3.63) is 88.5 Å². The molecule has 69 heavy (non-hydrogen) atoms. The van der Waals surface area contributed by atoms with Gasteiger partial charge in [0.2, 0.25) is 11.4 Å². The Morgan fingerprint density at radius 1 is 0.319 bits per heavy atom. The Morgan fingerprint density at radius 2 is 0.565 bits per heavy atom. The molecular formula is C66H114N2Ni. The van der Waals surface area contributed by atoms with Crippen LogP contribution in [0.2, 0.25) is 10.8 Å². The molecule has 0 fully saturated rings. The van der Waals surface area contributed by atoms with Gasteiger partial charge in [0.25, 0.3) is 0 Å². The zero-order valence-electron chi connectivity index (χ0n) is 46.5. The predicted octanol–water partition coefficient (Wildman–Crippen LogP) is 23.6. The first kappa shape index (κ1) is 63.1. The molecule has 0 saturated heterocycles. The van der Waals surface area contributed by atoms with E-state index < -0.39 is 0 Å². The minimum atomic E-state index is 0.855. The average Bonchev–Trinajstić information content (AvgIpc) is 3.76. The molecule has 0 unspecified atom stereocenters. The van der Waals surface area contributed by atoms with Crippen LogP contribution in [0.5, 0.6) is 0 Å². The van der Waals surface area contributed by atoms with Crippen LogP contribution in [0, 0.1) is 0 Å². The van der Waals surface area contributed by atoms with E-state index in [0.29, 0.717) is 0 Å². The molecule has 0 spiro atoms. The first-order chi connectivity index (χ1) is 34.1. The van der Waals surface area contributed by atoms with Gasteiger partial charge >= 0.3 is 166 Å². The Kier molecular flexibility index (Phi) is 44.2. The maximum atomic E-state index is 10.9. The van der Waals surface area contributed by atoms with Gasteiger partial charge in [0.15, 0.2) is 0 Å². The second-order valence-corrected chi connectivity index (χ2v) is 22.7. The van der Waals surface area contributed by atoms with E-state index in [1.807, 2.05) is 26.6 Å². The summed E-state index contributed by atoms with van der Waals surface area (Å²) in [5.41, 5.74) is 17.5. The third kappa shape index (κ3) is 35.7. The monoisotopic (exact) mass is 993 g/mol. The summed E-state index contributed by atoms with van der Waals surface area (Å²) >= 11 is 2.05. The van der Waals surface area contributed by atoms with Gasteiger partial charge in [-0.2, -0.15) is 0 Å². The van der Waals surface area contributed by atoms with Crippen LogP contribution < -0.4 is 0 Å². The summed E-state index contributed by atoms with van der Waals surface area (Å²) in [6.07, 6.45) is 66.7. The first-order valence-corrected chi connectivity index (χ1v) is 32.1. The van der Waals surface area contributed by atoms with Gasteiger partial charge < -0.3 is 5.53 Å². The summed E-state index contributed by atoms with van der Waals surface area (Å²) in [7, 11) is 0. The Labute approximate surface area is 437 Å². The van der Waals surface area contributed by atoms with Crippen LogP contribution in [-0.2, 0) is 27.3 Å². The molecule has 0 amide bonds. The van der Waals surface area contributed by atoms with Crippen LogP contribution in [0.25, 0.3) is 16.9 Å². The second kappa shape index (κ2) is 48.3. The zero-order valence-corrected chi connectivity index (χ0v) is 47.5. The van der Waals surface area contributed by atoms with E-state index in [-0.39, 0.29) is 0 Å². The third-order valence-electron chi connectivity index (χ3n) is 14.6. The van der Waals surface area contributed by atoms with Crippen molar-refractivity contribution in [1.82, 2.24) is 0 Å². The summed E-state index contributed by atoms with van der Waals surface area (Å²) in [5.74, 6) is 0. The van der Waals surface area contributed by atoms with E-state index in [9.17, 15) is 5.53 Å². The van der Waals surface area contributed by atoms with Gasteiger partial charge in [-0.3, -0.25) is 0 Å². The number of hydrogen-bond acceptors (Lipinski definition) is 0. The predicted molar refractivity (Wildman–Crippen MR) is 306 cm³/mol. The molecule has 398 valence electrons. The molecule has 2 aromatic carbocycles. The smallest absolute Gasteiger partial charge is 0.493 e. The molecule has 0 aliphatic carbocycles. The summed E-state index contributed by atoms with van der Waals surface area (Å²) in [6.45, 7) is 9.11. The van der Waals surface area contributed by atoms with Gasteiger partial charge in [-0.1, -0.05) is 168 Å². The number of nitrogens with zero attached hydrogens (tertiary/aromatic N) is 2. The first-order valence-electron chi connectivity index (χ1n) is 30.7. The van der Waals surface area contributed by atoms with Crippen molar-refractivity contribution in [2.75, 3.05) is 0 Å². The van der Waals surface area contributed by atoms with Crippen molar-refractivity contribution in [1.29, 1.82) is 0 Å². The Hall–Kier alpha value is -1.99. The molecule has 1 aliphatic heterocycles. The van der Waals surface area contributed by atoms with Crippen LogP contribution in [0.3, 0.4) is 0 Å². The number of rotatable bonds is 48. The second-order valence-electron chi connectivity index (χ2n) is 21.2. The number of aryl methyl sites for hydroxylation is 2. The molecule has 2 nitrogen and oxygen atoms in total. The fourth-order valence-corrected chi connectivity index (χ4v) is 11.2. The maximum absolute atomic E-state index is 10.9. The van der Waals surface area contributed by atoms with Crippen molar-refractivity contribution in [3.8, 4) is 0 Å². The van der Waals surface area contributed by atoms with E-state index in [1.165, 1.54) is 296 Å². The average molecular weight is 994 g/mol. The quantitative estimate of drug-likeness (QED) is 0.0359. The minimum Gasteiger partial charge on any atom is -0.493 e. The van der Waals surface area contributed by atoms with Gasteiger partial charge in [0, 0.05) is 23.3 Å². The molecule has 0 aromatic heterocycles. The van der Waals surface area contributed by atoms with Crippen LogP contribution in [0.15, 0.2) is 60.7 Å². The Balaban J connectivity index is 0.000000487. The van der Waals surface area contributed by atoms with E-state index in [4.69, 9.17) is 0 Å². The van der Waals surface area contributed by atoms with E-state index in [0.717, 1.165) is 35.4 Å². The van der Waals surface area contributed by atoms with Crippen LogP contribution in [-0.4, -0.2) is 4.70 Å². The fourth-order valence-electron chi connectivity index (χ4n) is 10.00. The van der Waals surface area contributed by atoms with Crippen molar-refractivity contribution in [3.63, 3.8) is 0 Å². The van der Waals surface area contributed by atoms with Gasteiger partial charge in [-0.25, -0.2) is 4.70 Å². The molecule has 0 saturated carbocycles. The molecule has 0 radical (unpaired) electrons. The number of hydrogen-bond donors (Lipinski definition) is 0. The van der Waals surface area contributed by atoms with Gasteiger partial charge in [-0.15, -0.1) is 0 Å². The Morgan fingerprint density at radius 3 is 0.841 bits per heavy atom. The molecule has 3 heteroatoms. The van der Waals surface area contributed by atoms with Crippen molar-refractivity contribution >= 4 is 11.4 Å². The molecular weight excluding hydrogens is 879 g/mol. The van der Waals surface area contributed by atoms with Crippen LogP contribution >= 0.6 is 0 Å². The van der Waals surface area contributed by atoms with Gasteiger partial charge in [0.1, 0.15) is 0 Å². The normalized spacial score (nSPS) is 12.4. The van der Waals surface area contributed by atoms with E-state index in [2.05, 4.69) is 76.2 Å². The molecule has 0 N–H and O–H groups in total. The fraction of sp³-hybridized carbons (Fsp3) is 0.758. The van der Waals surface area contributed by atoms with Crippen LogP contribution in [0.4, 0.5) is 0 Å². The standard InChI is InChI=1S/C28H36N2.2C19H39.Ni/c1-3-5-7-9-13-23-15-11-17-25(21-23)27-19-20-28(30(27)29)26-18-12-16-24(22-26)14-10-8-6-4-2;2*1-3-5-7-9-11-13-15-17-19-18-16-14-12-10-8-6-4-2;/h11-12,15-22H,3-10,13-14H2,1-2H3;2*1,3-19H2,2H3;.